The molecule has 0 saturated heterocycles. The van der Waals surface area contributed by atoms with E-state index in [4.69, 9.17) is 0 Å². The van der Waals surface area contributed by atoms with Crippen LogP contribution in [0.3, 0.4) is 0 Å². The molecule has 3 aromatic carbocycles. The highest BCUT2D eigenvalue weighted by Crippen LogP contribution is 2.27. The Morgan fingerprint density at radius 3 is 2.21 bits per heavy atom. The lowest BCUT2D eigenvalue weighted by atomic mass is 10.0. The number of para-hydroxylation sites is 1. The predicted molar refractivity (Wildman–Crippen MR) is 107 cm³/mol. The average Bonchev–Trinajstić information content (AvgIpc) is 2.69. The monoisotopic (exact) mass is 398 g/mol. The van der Waals surface area contributed by atoms with Crippen LogP contribution in [0.25, 0.3) is 11.1 Å². The Hall–Kier alpha value is -3.03. The van der Waals surface area contributed by atoms with Crippen LogP contribution < -0.4 is 5.32 Å². The number of hydrogen-bond acceptors (Lipinski definition) is 3. The second kappa shape index (κ2) is 8.33. The van der Waals surface area contributed by atoms with Crippen LogP contribution in [0.5, 0.6) is 0 Å². The summed E-state index contributed by atoms with van der Waals surface area (Å²) < 4.78 is 39.1. The van der Waals surface area contributed by atoms with Crippen molar-refractivity contribution < 1.29 is 17.6 Å². The highest BCUT2D eigenvalue weighted by atomic mass is 32.2. The van der Waals surface area contributed by atoms with Crippen LogP contribution in [0.15, 0.2) is 83.8 Å². The van der Waals surface area contributed by atoms with Gasteiger partial charge in [0.25, 0.3) is 0 Å². The van der Waals surface area contributed by atoms with E-state index in [1.807, 2.05) is 42.5 Å². The molecular weight excluding hydrogens is 379 g/mol. The van der Waals surface area contributed by atoms with Crippen molar-refractivity contribution in [3.05, 3.63) is 84.7 Å². The van der Waals surface area contributed by atoms with Crippen LogP contribution in [0.4, 0.5) is 10.1 Å². The number of nitrogens with one attached hydrogen (secondary N) is 1. The summed E-state index contributed by atoms with van der Waals surface area (Å²) in [6.45, 7) is -0.372. The minimum absolute atomic E-state index is 0.0751. The Kier molecular flexibility index (Phi) is 5.87. The first kappa shape index (κ1) is 19.7. The molecule has 5 nitrogen and oxygen atoms in total. The van der Waals surface area contributed by atoms with E-state index < -0.39 is 21.7 Å². The SMILES string of the molecule is CN(CC(=O)Nc1ccccc1-c1ccccc1)S(=O)(=O)c1ccc(F)cc1. The number of carbonyl (C=O) groups is 1. The van der Waals surface area contributed by atoms with Crippen LogP contribution in [0.1, 0.15) is 0 Å². The molecule has 28 heavy (non-hydrogen) atoms. The maximum Gasteiger partial charge on any atom is 0.243 e. The van der Waals surface area contributed by atoms with E-state index in [9.17, 15) is 17.6 Å². The molecule has 1 amide bonds. The maximum absolute atomic E-state index is 13.0. The number of rotatable bonds is 6. The van der Waals surface area contributed by atoms with Crippen molar-refractivity contribution in [2.75, 3.05) is 18.9 Å². The molecule has 3 aromatic rings. The maximum atomic E-state index is 13.0. The van der Waals surface area contributed by atoms with Gasteiger partial charge in [0.2, 0.25) is 15.9 Å². The summed E-state index contributed by atoms with van der Waals surface area (Å²) in [4.78, 5) is 12.4. The number of hydrogen-bond donors (Lipinski definition) is 1. The molecule has 0 aliphatic carbocycles. The number of carbonyl (C=O) groups excluding carboxylic acids is 1. The minimum Gasteiger partial charge on any atom is -0.324 e. The van der Waals surface area contributed by atoms with E-state index >= 15 is 0 Å². The van der Waals surface area contributed by atoms with Crippen LogP contribution >= 0.6 is 0 Å². The third-order valence-electron chi connectivity index (χ3n) is 4.17. The van der Waals surface area contributed by atoms with Crippen molar-refractivity contribution in [1.82, 2.24) is 4.31 Å². The number of benzene rings is 3. The number of sulfonamides is 1. The zero-order valence-electron chi connectivity index (χ0n) is 15.2. The molecular formula is C21H19FN2O3S. The summed E-state index contributed by atoms with van der Waals surface area (Å²) >= 11 is 0. The van der Waals surface area contributed by atoms with E-state index in [2.05, 4.69) is 5.32 Å². The Labute approximate surface area is 163 Å². The van der Waals surface area contributed by atoms with Crippen LogP contribution in [0.2, 0.25) is 0 Å². The highest BCUT2D eigenvalue weighted by Gasteiger charge is 2.23. The Morgan fingerprint density at radius 1 is 0.929 bits per heavy atom. The van der Waals surface area contributed by atoms with Crippen molar-refractivity contribution in [1.29, 1.82) is 0 Å². The van der Waals surface area contributed by atoms with Crippen molar-refractivity contribution in [3.8, 4) is 11.1 Å². The Bertz CT molecular complexity index is 1070. The second-order valence-corrected chi connectivity index (χ2v) is 8.22. The van der Waals surface area contributed by atoms with Gasteiger partial charge in [0.15, 0.2) is 0 Å². The molecule has 0 saturated carbocycles. The average molecular weight is 398 g/mol. The quantitative estimate of drug-likeness (QED) is 0.688. The fourth-order valence-corrected chi connectivity index (χ4v) is 3.85. The molecule has 0 radical (unpaired) electrons. The van der Waals surface area contributed by atoms with Gasteiger partial charge in [-0.05, 0) is 35.9 Å². The first-order valence-corrected chi connectivity index (χ1v) is 9.98. The lowest BCUT2D eigenvalue weighted by Gasteiger charge is -2.18. The van der Waals surface area contributed by atoms with Crippen LogP contribution in [-0.4, -0.2) is 32.2 Å². The smallest absolute Gasteiger partial charge is 0.243 e. The van der Waals surface area contributed by atoms with E-state index in [-0.39, 0.29) is 11.4 Å². The van der Waals surface area contributed by atoms with Gasteiger partial charge < -0.3 is 5.32 Å². The first-order valence-electron chi connectivity index (χ1n) is 8.54. The van der Waals surface area contributed by atoms with Crippen molar-refractivity contribution in [2.45, 2.75) is 4.90 Å². The van der Waals surface area contributed by atoms with Crippen molar-refractivity contribution in [2.24, 2.45) is 0 Å². The van der Waals surface area contributed by atoms with E-state index in [1.54, 1.807) is 12.1 Å². The zero-order valence-corrected chi connectivity index (χ0v) is 16.0. The lowest BCUT2D eigenvalue weighted by Crippen LogP contribution is -2.35. The molecule has 0 heterocycles. The molecule has 0 aromatic heterocycles. The topological polar surface area (TPSA) is 66.5 Å². The summed E-state index contributed by atoms with van der Waals surface area (Å²) in [6, 6.07) is 21.3. The van der Waals surface area contributed by atoms with Gasteiger partial charge >= 0.3 is 0 Å². The summed E-state index contributed by atoms with van der Waals surface area (Å²) in [6.07, 6.45) is 0. The molecule has 7 heteroatoms. The molecule has 0 aliphatic rings. The fraction of sp³-hybridized carbons (Fsp3) is 0.0952. The lowest BCUT2D eigenvalue weighted by molar-refractivity contribution is -0.116. The number of nitrogens with zero attached hydrogens (tertiary/aromatic N) is 1. The summed E-state index contributed by atoms with van der Waals surface area (Å²) in [5.74, 6) is -1.01. The van der Waals surface area contributed by atoms with Crippen LogP contribution in [-0.2, 0) is 14.8 Å². The van der Waals surface area contributed by atoms with Gasteiger partial charge in [0.1, 0.15) is 5.82 Å². The van der Waals surface area contributed by atoms with E-state index in [1.165, 1.54) is 19.2 Å². The normalized spacial score (nSPS) is 11.4. The van der Waals surface area contributed by atoms with Crippen LogP contribution in [0, 0.1) is 5.82 Å². The second-order valence-electron chi connectivity index (χ2n) is 6.17. The summed E-state index contributed by atoms with van der Waals surface area (Å²) in [7, 11) is -2.59. The van der Waals surface area contributed by atoms with Crippen molar-refractivity contribution in [3.63, 3.8) is 0 Å². The van der Waals surface area contributed by atoms with E-state index in [0.29, 0.717) is 5.69 Å². The number of halogens is 1. The molecule has 0 aliphatic heterocycles. The summed E-state index contributed by atoms with van der Waals surface area (Å²) in [5.41, 5.74) is 2.36. The van der Waals surface area contributed by atoms with Crippen molar-refractivity contribution >= 4 is 21.6 Å². The molecule has 0 atom stereocenters. The molecule has 0 bridgehead atoms. The highest BCUT2D eigenvalue weighted by molar-refractivity contribution is 7.89. The number of amides is 1. The van der Waals surface area contributed by atoms with Gasteiger partial charge in [-0.15, -0.1) is 0 Å². The standard InChI is InChI=1S/C21H19FN2O3S/c1-24(28(26,27)18-13-11-17(22)12-14-18)15-21(25)23-20-10-6-5-9-19(20)16-7-3-2-4-8-16/h2-14H,15H2,1H3,(H,23,25). The van der Waals surface area contributed by atoms with Gasteiger partial charge in [0, 0.05) is 18.3 Å². The van der Waals surface area contributed by atoms with Gasteiger partial charge in [-0.1, -0.05) is 48.5 Å². The first-order chi connectivity index (χ1) is 13.4. The largest absolute Gasteiger partial charge is 0.324 e. The number of anilines is 1. The summed E-state index contributed by atoms with van der Waals surface area (Å²) in [5, 5.41) is 2.77. The molecule has 3 rings (SSSR count). The molecule has 0 spiro atoms. The third kappa shape index (κ3) is 4.44. The Balaban J connectivity index is 1.75. The molecule has 1 N–H and O–H groups in total. The van der Waals surface area contributed by atoms with Gasteiger partial charge in [0.05, 0.1) is 11.4 Å². The zero-order chi connectivity index (χ0) is 20.1. The minimum atomic E-state index is -3.90. The van der Waals surface area contributed by atoms with Gasteiger partial charge in [-0.25, -0.2) is 12.8 Å². The fourth-order valence-electron chi connectivity index (χ4n) is 2.73. The Morgan fingerprint density at radius 2 is 1.54 bits per heavy atom. The van der Waals surface area contributed by atoms with Gasteiger partial charge in [-0.3, -0.25) is 4.79 Å². The van der Waals surface area contributed by atoms with E-state index in [0.717, 1.165) is 27.6 Å². The molecule has 144 valence electrons. The third-order valence-corrected chi connectivity index (χ3v) is 5.99. The molecule has 0 unspecified atom stereocenters. The molecule has 0 fully saturated rings. The number of likely N-dealkylation sites (N-methyl/N-ethyl adjacent to an activating group) is 1. The van der Waals surface area contributed by atoms with Gasteiger partial charge in [-0.2, -0.15) is 4.31 Å². The predicted octanol–water partition coefficient (Wildman–Crippen LogP) is 3.75.